The molecule has 4 nitrogen and oxygen atoms in total. The number of aromatic hydroxyl groups is 1. The lowest BCUT2D eigenvalue weighted by atomic mass is 9.91. The molecule has 0 radical (unpaired) electrons. The molecule has 4 heteroatoms. The number of aromatic nitrogens is 1. The molecule has 2 aliphatic rings. The van der Waals surface area contributed by atoms with E-state index in [1.807, 2.05) is 24.3 Å². The van der Waals surface area contributed by atoms with Gasteiger partial charge in [0.1, 0.15) is 5.75 Å². The van der Waals surface area contributed by atoms with Crippen LogP contribution in [0.2, 0.25) is 0 Å². The summed E-state index contributed by atoms with van der Waals surface area (Å²) in [6, 6.07) is 11.6. The van der Waals surface area contributed by atoms with Gasteiger partial charge >= 0.3 is 0 Å². The van der Waals surface area contributed by atoms with Crippen molar-refractivity contribution in [3.05, 3.63) is 59.9 Å². The van der Waals surface area contributed by atoms with Gasteiger partial charge in [0, 0.05) is 38.4 Å². The van der Waals surface area contributed by atoms with Gasteiger partial charge in [0.2, 0.25) is 0 Å². The van der Waals surface area contributed by atoms with E-state index in [2.05, 4.69) is 16.8 Å². The second-order valence-corrected chi connectivity index (χ2v) is 8.40. The maximum atomic E-state index is 11.1. The van der Waals surface area contributed by atoms with Crippen LogP contribution in [-0.4, -0.2) is 45.3 Å². The Hall–Kier alpha value is -1.91. The van der Waals surface area contributed by atoms with E-state index < -0.39 is 5.60 Å². The lowest BCUT2D eigenvalue weighted by molar-refractivity contribution is 0.0353. The highest BCUT2D eigenvalue weighted by molar-refractivity contribution is 5.28. The normalized spacial score (nSPS) is 29.6. The summed E-state index contributed by atoms with van der Waals surface area (Å²) >= 11 is 0. The molecule has 2 heterocycles. The summed E-state index contributed by atoms with van der Waals surface area (Å²) in [5.74, 6) is 1.98. The maximum absolute atomic E-state index is 11.1. The maximum Gasteiger partial charge on any atom is 0.115 e. The minimum atomic E-state index is -0.550. The number of hydrogen-bond acceptors (Lipinski definition) is 4. The van der Waals surface area contributed by atoms with Crippen molar-refractivity contribution in [1.82, 2.24) is 9.88 Å². The number of phenolic OH excluding ortho intramolecular Hbond substituents is 1. The van der Waals surface area contributed by atoms with Crippen LogP contribution in [0.4, 0.5) is 0 Å². The molecule has 1 aliphatic heterocycles. The van der Waals surface area contributed by atoms with Crippen molar-refractivity contribution in [2.24, 2.45) is 11.8 Å². The minimum Gasteiger partial charge on any atom is -0.508 e. The van der Waals surface area contributed by atoms with Crippen LogP contribution in [0.25, 0.3) is 0 Å². The molecule has 1 saturated heterocycles. The molecule has 1 unspecified atom stereocenters. The van der Waals surface area contributed by atoms with E-state index in [0.29, 0.717) is 23.5 Å². The number of benzene rings is 1. The van der Waals surface area contributed by atoms with Gasteiger partial charge in [0.25, 0.3) is 0 Å². The Morgan fingerprint density at radius 1 is 1.08 bits per heavy atom. The smallest absolute Gasteiger partial charge is 0.115 e. The van der Waals surface area contributed by atoms with Gasteiger partial charge in [-0.3, -0.25) is 4.98 Å². The van der Waals surface area contributed by atoms with Crippen LogP contribution in [0.1, 0.15) is 36.8 Å². The van der Waals surface area contributed by atoms with Crippen molar-refractivity contribution in [2.45, 2.75) is 37.7 Å². The number of fused-ring (bicyclic) bond motifs is 1. The predicted molar refractivity (Wildman–Crippen MR) is 102 cm³/mol. The van der Waals surface area contributed by atoms with Gasteiger partial charge in [-0.05, 0) is 66.0 Å². The Kier molecular flexibility index (Phi) is 4.72. The van der Waals surface area contributed by atoms with Gasteiger partial charge in [0.05, 0.1) is 5.60 Å². The number of nitrogens with zero attached hydrogens (tertiary/aromatic N) is 2. The molecule has 1 aromatic heterocycles. The molecule has 1 aliphatic carbocycles. The van der Waals surface area contributed by atoms with E-state index >= 15 is 0 Å². The fourth-order valence-electron chi connectivity index (χ4n) is 5.03. The van der Waals surface area contributed by atoms with Gasteiger partial charge in [-0.15, -0.1) is 0 Å². The summed E-state index contributed by atoms with van der Waals surface area (Å²) < 4.78 is 0. The second kappa shape index (κ2) is 7.01. The van der Waals surface area contributed by atoms with Gasteiger partial charge in [-0.2, -0.15) is 0 Å². The van der Waals surface area contributed by atoms with Gasteiger partial charge in [0.15, 0.2) is 0 Å². The fraction of sp³-hybridized carbons (Fsp3) is 0.500. The summed E-state index contributed by atoms with van der Waals surface area (Å²) in [7, 11) is 0. The highest BCUT2D eigenvalue weighted by Crippen LogP contribution is 2.45. The van der Waals surface area contributed by atoms with E-state index in [1.165, 1.54) is 11.1 Å². The zero-order valence-corrected chi connectivity index (χ0v) is 15.4. The van der Waals surface area contributed by atoms with E-state index in [1.54, 1.807) is 24.5 Å². The molecule has 1 aromatic carbocycles. The lowest BCUT2D eigenvalue weighted by Crippen LogP contribution is -2.33. The molecule has 1 saturated carbocycles. The summed E-state index contributed by atoms with van der Waals surface area (Å²) in [4.78, 5) is 6.62. The van der Waals surface area contributed by atoms with Gasteiger partial charge < -0.3 is 15.1 Å². The first-order valence-electron chi connectivity index (χ1n) is 9.63. The Labute approximate surface area is 155 Å². The summed E-state index contributed by atoms with van der Waals surface area (Å²) in [5.41, 5.74) is 1.90. The van der Waals surface area contributed by atoms with Crippen molar-refractivity contribution in [3.8, 4) is 5.75 Å². The number of hydrogen-bond donors (Lipinski definition) is 2. The predicted octanol–water partition coefficient (Wildman–Crippen LogP) is 3.21. The van der Waals surface area contributed by atoms with Crippen molar-refractivity contribution >= 4 is 0 Å². The third-order valence-corrected chi connectivity index (χ3v) is 6.21. The Bertz CT molecular complexity index is 718. The van der Waals surface area contributed by atoms with E-state index in [0.717, 1.165) is 38.9 Å². The second-order valence-electron chi connectivity index (χ2n) is 8.40. The average Bonchev–Trinajstić information content (AvgIpc) is 3.10. The Morgan fingerprint density at radius 3 is 2.31 bits per heavy atom. The summed E-state index contributed by atoms with van der Waals surface area (Å²) in [6.07, 6.45) is 6.17. The molecule has 26 heavy (non-hydrogen) atoms. The quantitative estimate of drug-likeness (QED) is 0.868. The van der Waals surface area contributed by atoms with Crippen LogP contribution in [0, 0.1) is 11.8 Å². The molecule has 0 amide bonds. The third kappa shape index (κ3) is 3.76. The molecule has 0 bridgehead atoms. The van der Waals surface area contributed by atoms with Crippen LogP contribution in [0.15, 0.2) is 48.8 Å². The largest absolute Gasteiger partial charge is 0.508 e. The standard InChI is InChI=1S/C22H28N2O2/c1-16(18-2-4-21(25)5-3-18)13-24-14-19-11-22(26,12-20(19)15-24)10-17-6-8-23-9-7-17/h2-9,16,19-20,25-26H,10-15H2,1H3/t16?,19-,20+,22-. The molecule has 4 rings (SSSR count). The summed E-state index contributed by atoms with van der Waals surface area (Å²) in [5, 5.41) is 20.5. The van der Waals surface area contributed by atoms with Crippen LogP contribution in [-0.2, 0) is 6.42 Å². The molecule has 2 fully saturated rings. The monoisotopic (exact) mass is 352 g/mol. The topological polar surface area (TPSA) is 56.6 Å². The Balaban J connectivity index is 1.32. The first kappa shape index (κ1) is 17.5. The van der Waals surface area contributed by atoms with Crippen molar-refractivity contribution in [3.63, 3.8) is 0 Å². The van der Waals surface area contributed by atoms with Gasteiger partial charge in [-0.1, -0.05) is 19.1 Å². The zero-order valence-electron chi connectivity index (χ0n) is 15.4. The fourth-order valence-corrected chi connectivity index (χ4v) is 5.03. The third-order valence-electron chi connectivity index (χ3n) is 6.21. The van der Waals surface area contributed by atoms with Gasteiger partial charge in [-0.25, -0.2) is 0 Å². The molecule has 2 N–H and O–H groups in total. The van der Waals surface area contributed by atoms with E-state index in [4.69, 9.17) is 0 Å². The number of phenols is 1. The van der Waals surface area contributed by atoms with Crippen LogP contribution >= 0.6 is 0 Å². The molecular formula is C22H28N2O2. The molecule has 138 valence electrons. The molecule has 2 aromatic rings. The zero-order chi connectivity index (χ0) is 18.1. The number of aliphatic hydroxyl groups is 1. The van der Waals surface area contributed by atoms with Crippen LogP contribution < -0.4 is 0 Å². The van der Waals surface area contributed by atoms with E-state index in [9.17, 15) is 10.2 Å². The van der Waals surface area contributed by atoms with E-state index in [-0.39, 0.29) is 0 Å². The highest BCUT2D eigenvalue weighted by Gasteiger charge is 2.48. The van der Waals surface area contributed by atoms with Crippen molar-refractivity contribution < 1.29 is 10.2 Å². The average molecular weight is 352 g/mol. The molecule has 0 spiro atoms. The summed E-state index contributed by atoms with van der Waals surface area (Å²) in [6.45, 7) is 5.47. The molecule has 4 atom stereocenters. The number of rotatable bonds is 5. The number of likely N-dealkylation sites (tertiary alicyclic amines) is 1. The number of pyridine rings is 1. The molecular weight excluding hydrogens is 324 g/mol. The lowest BCUT2D eigenvalue weighted by Gasteiger charge is -2.27. The van der Waals surface area contributed by atoms with Crippen molar-refractivity contribution in [2.75, 3.05) is 19.6 Å². The first-order valence-corrected chi connectivity index (χ1v) is 9.63. The Morgan fingerprint density at radius 2 is 1.69 bits per heavy atom. The SMILES string of the molecule is CC(CN1C[C@@H]2C[C@@](O)(Cc3ccncc3)C[C@@H]2C1)c1ccc(O)cc1. The highest BCUT2D eigenvalue weighted by atomic mass is 16.3. The van der Waals surface area contributed by atoms with Crippen LogP contribution in [0.5, 0.6) is 5.75 Å². The minimum absolute atomic E-state index is 0.324. The first-order chi connectivity index (χ1) is 12.5. The van der Waals surface area contributed by atoms with Crippen LogP contribution in [0.3, 0.4) is 0 Å². The van der Waals surface area contributed by atoms with Crippen molar-refractivity contribution in [1.29, 1.82) is 0 Å².